The van der Waals surface area contributed by atoms with E-state index in [9.17, 15) is 26.3 Å². The molecule has 274 valence electrons. The molecule has 0 atom stereocenters. The van der Waals surface area contributed by atoms with Crippen LogP contribution in [0.4, 0.5) is 43.4 Å². The van der Waals surface area contributed by atoms with Crippen LogP contribution < -0.4 is 4.90 Å². The first-order chi connectivity index (χ1) is 26.9. The molecule has 0 aliphatic carbocycles. The summed E-state index contributed by atoms with van der Waals surface area (Å²) in [6.45, 7) is 0. The van der Waals surface area contributed by atoms with Gasteiger partial charge in [-0.2, -0.15) is 26.3 Å². The Labute approximate surface area is 327 Å². The van der Waals surface area contributed by atoms with Crippen LogP contribution in [0.2, 0.25) is 0 Å². The fourth-order valence-corrected chi connectivity index (χ4v) is 9.69. The van der Waals surface area contributed by atoms with Crippen molar-refractivity contribution < 1.29 is 26.3 Å². The minimum absolute atomic E-state index is 0.0619. The molecule has 0 aliphatic heterocycles. The highest BCUT2D eigenvalue weighted by Crippen LogP contribution is 2.51. The number of rotatable bonds is 4. The monoisotopic (exact) mass is 830 g/mol. The van der Waals surface area contributed by atoms with Crippen molar-refractivity contribution in [3.63, 3.8) is 0 Å². The Morgan fingerprint density at radius 3 is 1.52 bits per heavy atom. The van der Waals surface area contributed by atoms with Gasteiger partial charge in [-0.25, -0.2) is 0 Å². The Morgan fingerprint density at radius 1 is 0.482 bits per heavy atom. The fraction of sp³-hybridized carbons (Fsp3) is 0.0435. The van der Waals surface area contributed by atoms with Gasteiger partial charge in [-0.05, 0) is 110 Å². The van der Waals surface area contributed by atoms with Crippen LogP contribution in [-0.4, -0.2) is 4.57 Å². The van der Waals surface area contributed by atoms with Gasteiger partial charge in [-0.1, -0.05) is 78.9 Å². The molecule has 2 nitrogen and oxygen atoms in total. The first-order valence-corrected chi connectivity index (χ1v) is 19.2. The molecule has 0 bridgehead atoms. The Kier molecular flexibility index (Phi) is 7.79. The first-order valence-electron chi connectivity index (χ1n) is 17.6. The molecular formula is C46H25BrF6N2S. The second kappa shape index (κ2) is 12.6. The third-order valence-electron chi connectivity index (χ3n) is 10.4. The first kappa shape index (κ1) is 34.6. The maximum Gasteiger partial charge on any atom is 0.416 e. The van der Waals surface area contributed by atoms with Crippen molar-refractivity contribution in [3.8, 4) is 5.69 Å². The Bertz CT molecular complexity index is 3060. The molecule has 0 unspecified atom stereocenters. The minimum atomic E-state index is -4.71. The lowest BCUT2D eigenvalue weighted by Gasteiger charge is -2.29. The number of hydrogen-bond donors (Lipinski definition) is 0. The van der Waals surface area contributed by atoms with E-state index in [0.717, 1.165) is 83.0 Å². The van der Waals surface area contributed by atoms with Crippen molar-refractivity contribution >= 4 is 108 Å². The molecule has 0 radical (unpaired) electrons. The summed E-state index contributed by atoms with van der Waals surface area (Å²) < 4.78 is 89.4. The molecule has 10 rings (SSSR count). The number of anilines is 3. The van der Waals surface area contributed by atoms with E-state index in [1.807, 2.05) is 60.7 Å². The van der Waals surface area contributed by atoms with Gasteiger partial charge in [0.05, 0.1) is 38.0 Å². The summed E-state index contributed by atoms with van der Waals surface area (Å²) in [6, 6.07) is 45.2. The average molecular weight is 832 g/mol. The van der Waals surface area contributed by atoms with Gasteiger partial charge in [0.15, 0.2) is 0 Å². The standard InChI is InChI=1S/C46H25BrF6N2S/c47-43-39(54(32-17-13-26-7-1-3-9-28(26)21-32)33-18-14-27-8-2-4-10-29(27)22-33)25-41-42(34-11-5-6-12-40(34)56-41)44(43)55-37-19-15-30(45(48,49)50)23-35(37)36-24-31(46(51,52)53)16-20-38(36)55/h1-25H. The molecule has 10 aromatic rings. The number of thiophene rings is 1. The van der Waals surface area contributed by atoms with E-state index in [1.165, 1.54) is 12.1 Å². The van der Waals surface area contributed by atoms with Gasteiger partial charge in [0.25, 0.3) is 0 Å². The third kappa shape index (κ3) is 5.53. The second-order valence-electron chi connectivity index (χ2n) is 13.7. The number of halogens is 7. The van der Waals surface area contributed by atoms with E-state index in [-0.39, 0.29) is 10.8 Å². The summed E-state index contributed by atoms with van der Waals surface area (Å²) in [7, 11) is 0. The highest BCUT2D eigenvalue weighted by atomic mass is 79.9. The third-order valence-corrected chi connectivity index (χ3v) is 12.3. The van der Waals surface area contributed by atoms with Gasteiger partial charge in [-0.3, -0.25) is 0 Å². The van der Waals surface area contributed by atoms with Gasteiger partial charge >= 0.3 is 12.4 Å². The van der Waals surface area contributed by atoms with Crippen LogP contribution in [0, 0.1) is 0 Å². The van der Waals surface area contributed by atoms with Crippen LogP contribution >= 0.6 is 27.3 Å². The van der Waals surface area contributed by atoms with E-state index >= 15 is 0 Å². The number of nitrogens with zero attached hydrogens (tertiary/aromatic N) is 2. The lowest BCUT2D eigenvalue weighted by molar-refractivity contribution is -0.138. The Hall–Kier alpha value is -5.84. The van der Waals surface area contributed by atoms with Crippen molar-refractivity contribution in [3.05, 3.63) is 167 Å². The molecule has 0 saturated heterocycles. The summed E-state index contributed by atoms with van der Waals surface area (Å²) in [5.41, 5.74) is 1.84. The SMILES string of the molecule is FC(F)(F)c1ccc2c(c1)c1cc(C(F)(F)F)ccc1n2-c1c(Br)c(N(c2ccc3ccccc3c2)c2ccc3ccccc3c2)cc2sc3ccccc3c12. The molecule has 0 amide bonds. The van der Waals surface area contributed by atoms with E-state index in [1.54, 1.807) is 15.9 Å². The van der Waals surface area contributed by atoms with Crippen molar-refractivity contribution in [2.24, 2.45) is 0 Å². The Morgan fingerprint density at radius 2 is 0.982 bits per heavy atom. The van der Waals surface area contributed by atoms with E-state index in [2.05, 4.69) is 75.4 Å². The molecule has 0 spiro atoms. The maximum absolute atomic E-state index is 14.2. The van der Waals surface area contributed by atoms with Gasteiger partial charge in [0, 0.05) is 42.3 Å². The topological polar surface area (TPSA) is 8.17 Å². The fourth-order valence-electron chi connectivity index (χ4n) is 7.88. The molecule has 8 aromatic carbocycles. The maximum atomic E-state index is 14.2. The van der Waals surface area contributed by atoms with E-state index in [4.69, 9.17) is 0 Å². The van der Waals surface area contributed by atoms with Crippen LogP contribution in [0.3, 0.4) is 0 Å². The van der Waals surface area contributed by atoms with Gasteiger partial charge in [-0.15, -0.1) is 11.3 Å². The molecule has 2 aromatic heterocycles. The average Bonchev–Trinajstić information content (AvgIpc) is 3.72. The number of alkyl halides is 6. The predicted molar refractivity (Wildman–Crippen MR) is 221 cm³/mol. The van der Waals surface area contributed by atoms with Crippen molar-refractivity contribution in [1.82, 2.24) is 4.57 Å². The molecule has 0 fully saturated rings. The summed E-state index contributed by atoms with van der Waals surface area (Å²) in [5.74, 6) is 0. The number of benzene rings is 8. The summed E-state index contributed by atoms with van der Waals surface area (Å²) in [4.78, 5) is 2.15. The number of fused-ring (bicyclic) bond motifs is 8. The zero-order chi connectivity index (χ0) is 38.5. The van der Waals surface area contributed by atoms with Gasteiger partial charge < -0.3 is 9.47 Å². The minimum Gasteiger partial charge on any atom is -0.309 e. The van der Waals surface area contributed by atoms with Gasteiger partial charge in [0.2, 0.25) is 0 Å². The van der Waals surface area contributed by atoms with E-state index < -0.39 is 23.5 Å². The van der Waals surface area contributed by atoms with Crippen molar-refractivity contribution in [1.29, 1.82) is 0 Å². The highest BCUT2D eigenvalue weighted by Gasteiger charge is 2.34. The summed E-state index contributed by atoms with van der Waals surface area (Å²) in [6.07, 6.45) is -9.41. The largest absolute Gasteiger partial charge is 0.416 e. The quantitative estimate of drug-likeness (QED) is 0.160. The molecule has 10 heteroatoms. The predicted octanol–water partition coefficient (Wildman–Crippen LogP) is 15.7. The van der Waals surface area contributed by atoms with Crippen LogP contribution in [0.15, 0.2) is 156 Å². The molecule has 0 saturated carbocycles. The van der Waals surface area contributed by atoms with E-state index in [0.29, 0.717) is 21.2 Å². The summed E-state index contributed by atoms with van der Waals surface area (Å²) >= 11 is 5.61. The normalized spacial score (nSPS) is 12.6. The lowest BCUT2D eigenvalue weighted by atomic mass is 10.0. The molecule has 2 heterocycles. The number of hydrogen-bond acceptors (Lipinski definition) is 2. The second-order valence-corrected chi connectivity index (χ2v) is 15.6. The highest BCUT2D eigenvalue weighted by molar-refractivity contribution is 9.10. The number of aromatic nitrogens is 1. The van der Waals surface area contributed by atoms with Crippen LogP contribution in [-0.2, 0) is 12.4 Å². The zero-order valence-electron chi connectivity index (χ0n) is 28.9. The van der Waals surface area contributed by atoms with Crippen LogP contribution in [0.5, 0.6) is 0 Å². The Balaban J connectivity index is 1.35. The molecule has 0 N–H and O–H groups in total. The lowest BCUT2D eigenvalue weighted by Crippen LogP contribution is -2.12. The molecule has 56 heavy (non-hydrogen) atoms. The zero-order valence-corrected chi connectivity index (χ0v) is 31.3. The van der Waals surface area contributed by atoms with Crippen LogP contribution in [0.25, 0.3) is 69.2 Å². The van der Waals surface area contributed by atoms with Gasteiger partial charge in [0.1, 0.15) is 0 Å². The molecular weight excluding hydrogens is 806 g/mol. The van der Waals surface area contributed by atoms with Crippen molar-refractivity contribution in [2.75, 3.05) is 4.90 Å². The van der Waals surface area contributed by atoms with Crippen molar-refractivity contribution in [2.45, 2.75) is 12.4 Å². The smallest absolute Gasteiger partial charge is 0.309 e. The molecule has 0 aliphatic rings. The summed E-state index contributed by atoms with van der Waals surface area (Å²) in [5, 5.41) is 6.03. The van der Waals surface area contributed by atoms with Crippen LogP contribution in [0.1, 0.15) is 11.1 Å².